The van der Waals surface area contributed by atoms with Gasteiger partial charge in [0.25, 0.3) is 0 Å². The quantitative estimate of drug-likeness (QED) is 0.261. The van der Waals surface area contributed by atoms with Crippen LogP contribution in [0.5, 0.6) is 0 Å². The van der Waals surface area contributed by atoms with Gasteiger partial charge < -0.3 is 35.6 Å². The van der Waals surface area contributed by atoms with Gasteiger partial charge >= 0.3 is 23.5 Å². The summed E-state index contributed by atoms with van der Waals surface area (Å²) < 4.78 is 63.2. The molecule has 0 spiro atoms. The number of phosphoric acid groups is 3. The summed E-state index contributed by atoms with van der Waals surface area (Å²) in [5, 5.41) is 0. The normalized spacial score (nSPS) is 29.7. The highest BCUT2D eigenvalue weighted by Gasteiger charge is 2.52. The van der Waals surface area contributed by atoms with Crippen LogP contribution in [-0.4, -0.2) is 51.4 Å². The second-order valence-electron chi connectivity index (χ2n) is 7.72. The Balaban J connectivity index is 1.78. The SMILES string of the molecule is C[C@@H]1[C@H](COP(=O)(O)OP(=O)(O)OP(=O)(O)O)C[C@@](C)(F)[C@@H]1n1cnc2c(N)nc(N)nc21. The molecule has 1 aliphatic rings. The summed E-state index contributed by atoms with van der Waals surface area (Å²) in [6.45, 7) is 2.34. The van der Waals surface area contributed by atoms with Crippen molar-refractivity contribution in [2.24, 2.45) is 11.8 Å². The number of alkyl halides is 1. The summed E-state index contributed by atoms with van der Waals surface area (Å²) >= 11 is 0. The minimum absolute atomic E-state index is 0.00618. The highest BCUT2D eigenvalue weighted by molar-refractivity contribution is 7.66. The summed E-state index contributed by atoms with van der Waals surface area (Å²) in [4.78, 5) is 48.0. The number of fused-ring (bicyclic) bond motifs is 1. The zero-order valence-electron chi connectivity index (χ0n) is 17.1. The maximum atomic E-state index is 15.6. The summed E-state index contributed by atoms with van der Waals surface area (Å²) in [6, 6.07) is -0.884. The van der Waals surface area contributed by atoms with E-state index in [1.54, 1.807) is 6.92 Å². The molecule has 2 unspecified atom stereocenters. The number of halogens is 1. The predicted octanol–water partition coefficient (Wildman–Crippen LogP) is 1.26. The maximum absolute atomic E-state index is 15.6. The summed E-state index contributed by atoms with van der Waals surface area (Å²) in [6.07, 6.45) is 1.16. The molecule has 0 aliphatic heterocycles. The number of aromatic nitrogens is 4. The Morgan fingerprint density at radius 1 is 1.18 bits per heavy atom. The second kappa shape index (κ2) is 8.61. The van der Waals surface area contributed by atoms with Crippen LogP contribution in [0.15, 0.2) is 6.33 Å². The summed E-state index contributed by atoms with van der Waals surface area (Å²) in [7, 11) is -16.5. The van der Waals surface area contributed by atoms with E-state index >= 15 is 4.39 Å². The average molecular weight is 534 g/mol. The Morgan fingerprint density at radius 2 is 1.82 bits per heavy atom. The topological polar surface area (TPSA) is 255 Å². The van der Waals surface area contributed by atoms with Crippen LogP contribution < -0.4 is 11.5 Å². The lowest BCUT2D eigenvalue weighted by Crippen LogP contribution is -2.29. The third-order valence-electron chi connectivity index (χ3n) is 5.15. The molecule has 3 rings (SSSR count). The van der Waals surface area contributed by atoms with Gasteiger partial charge in [-0.15, -0.1) is 0 Å². The molecule has 0 amide bonds. The van der Waals surface area contributed by atoms with Crippen molar-refractivity contribution < 1.29 is 50.8 Å². The third-order valence-corrected chi connectivity index (χ3v) is 8.96. The van der Waals surface area contributed by atoms with Crippen LogP contribution in [0.2, 0.25) is 0 Å². The van der Waals surface area contributed by atoms with Gasteiger partial charge in [-0.25, -0.2) is 23.1 Å². The van der Waals surface area contributed by atoms with E-state index in [0.717, 1.165) is 0 Å². The number of imidazole rings is 1. The van der Waals surface area contributed by atoms with Gasteiger partial charge in [0.05, 0.1) is 19.0 Å². The van der Waals surface area contributed by atoms with Gasteiger partial charge in [0.1, 0.15) is 11.2 Å². The van der Waals surface area contributed by atoms with Crippen molar-refractivity contribution in [3.05, 3.63) is 6.33 Å². The number of rotatable bonds is 8. The average Bonchev–Trinajstić information content (AvgIpc) is 3.07. The molecule has 0 bridgehead atoms. The first kappa shape index (κ1) is 26.1. The summed E-state index contributed by atoms with van der Waals surface area (Å²) in [5.74, 6) is -1.39. The molecule has 1 aliphatic carbocycles. The van der Waals surface area contributed by atoms with E-state index in [2.05, 4.69) is 28.1 Å². The lowest BCUT2D eigenvalue weighted by atomic mass is 9.95. The zero-order valence-corrected chi connectivity index (χ0v) is 19.8. The largest absolute Gasteiger partial charge is 0.490 e. The number of hydrogen-bond donors (Lipinski definition) is 6. The first-order valence-corrected chi connectivity index (χ1v) is 13.7. The van der Waals surface area contributed by atoms with E-state index in [1.807, 2.05) is 0 Å². The number of hydrogen-bond acceptors (Lipinski definition) is 11. The van der Waals surface area contributed by atoms with Gasteiger partial charge in [0.2, 0.25) is 5.95 Å². The summed E-state index contributed by atoms with van der Waals surface area (Å²) in [5.41, 5.74) is 9.94. The molecule has 0 saturated heterocycles. The molecular formula is C13H22FN6O10P3. The van der Waals surface area contributed by atoms with E-state index in [4.69, 9.17) is 21.3 Å². The molecule has 33 heavy (non-hydrogen) atoms. The van der Waals surface area contributed by atoms with Crippen molar-refractivity contribution in [3.63, 3.8) is 0 Å². The molecule has 6 atom stereocenters. The van der Waals surface area contributed by atoms with Gasteiger partial charge in [0.15, 0.2) is 11.5 Å². The van der Waals surface area contributed by atoms with Gasteiger partial charge in [0, 0.05) is 0 Å². The lowest BCUT2D eigenvalue weighted by Gasteiger charge is -2.27. The molecule has 186 valence electrons. The first-order valence-electron chi connectivity index (χ1n) is 9.13. The minimum Gasteiger partial charge on any atom is -0.382 e. The number of nitrogens with two attached hydrogens (primary N) is 2. The van der Waals surface area contributed by atoms with Crippen LogP contribution in [0.1, 0.15) is 26.3 Å². The predicted molar refractivity (Wildman–Crippen MR) is 110 cm³/mol. The van der Waals surface area contributed by atoms with E-state index in [9.17, 15) is 23.5 Å². The Kier molecular flexibility index (Phi) is 6.81. The van der Waals surface area contributed by atoms with E-state index in [0.29, 0.717) is 0 Å². The van der Waals surface area contributed by atoms with Gasteiger partial charge in [-0.2, -0.15) is 18.6 Å². The van der Waals surface area contributed by atoms with Crippen molar-refractivity contribution in [1.82, 2.24) is 19.5 Å². The van der Waals surface area contributed by atoms with E-state index in [1.165, 1.54) is 17.8 Å². The number of nitrogen functional groups attached to an aromatic ring is 2. The molecule has 20 heteroatoms. The minimum atomic E-state index is -5.65. The van der Waals surface area contributed by atoms with Crippen molar-refractivity contribution in [2.75, 3.05) is 18.1 Å². The molecule has 1 fully saturated rings. The van der Waals surface area contributed by atoms with E-state index in [-0.39, 0.29) is 29.4 Å². The fraction of sp³-hybridized carbons (Fsp3) is 0.615. The molecule has 2 aromatic rings. The number of anilines is 2. The molecule has 0 radical (unpaired) electrons. The number of phosphoric ester groups is 1. The molecule has 1 saturated carbocycles. The van der Waals surface area contributed by atoms with Crippen LogP contribution in [0.3, 0.4) is 0 Å². The standard InChI is InChI=1S/C13H22FN6O10P3/c1-6-7(4-28-32(24,25)30-33(26,27)29-31(21,22)23)3-13(2,14)9(6)20-5-17-8-10(15)18-12(16)19-11(8)20/h5-7,9H,3-4H2,1-2H3,(H,24,25)(H,26,27)(H2,21,22,23)(H4,15,16,18,19)/t6-,7+,9-,13-/m1/s1. The van der Waals surface area contributed by atoms with Crippen molar-refractivity contribution >= 4 is 46.4 Å². The smallest absolute Gasteiger partial charge is 0.382 e. The Bertz CT molecular complexity index is 1200. The third kappa shape index (κ3) is 5.95. The monoisotopic (exact) mass is 534 g/mol. The zero-order chi connectivity index (χ0) is 25.0. The second-order valence-corrected chi connectivity index (χ2v) is 12.1. The van der Waals surface area contributed by atoms with Crippen molar-refractivity contribution in [1.29, 1.82) is 0 Å². The van der Waals surface area contributed by atoms with Gasteiger partial charge in [-0.3, -0.25) is 4.52 Å². The van der Waals surface area contributed by atoms with Crippen LogP contribution >= 0.6 is 23.5 Å². The Hall–Kier alpha value is -1.51. The molecule has 16 nitrogen and oxygen atoms in total. The van der Waals surface area contributed by atoms with Crippen LogP contribution in [0.25, 0.3) is 11.2 Å². The Morgan fingerprint density at radius 3 is 2.42 bits per heavy atom. The van der Waals surface area contributed by atoms with Crippen LogP contribution in [-0.2, 0) is 26.8 Å². The molecule has 8 N–H and O–H groups in total. The number of nitrogens with zero attached hydrogens (tertiary/aromatic N) is 4. The van der Waals surface area contributed by atoms with Crippen molar-refractivity contribution in [2.45, 2.75) is 32.0 Å². The van der Waals surface area contributed by atoms with Gasteiger partial charge in [-0.05, 0) is 25.2 Å². The fourth-order valence-corrected chi connectivity index (χ4v) is 7.11. The van der Waals surface area contributed by atoms with Gasteiger partial charge in [-0.1, -0.05) is 6.92 Å². The van der Waals surface area contributed by atoms with Crippen LogP contribution in [0, 0.1) is 11.8 Å². The Labute approximate surface area is 185 Å². The molecule has 2 heterocycles. The molecule has 0 aromatic carbocycles. The molecule has 2 aromatic heterocycles. The highest BCUT2D eigenvalue weighted by atomic mass is 31.3. The molecular weight excluding hydrogens is 512 g/mol. The fourth-order valence-electron chi connectivity index (χ4n) is 4.03. The van der Waals surface area contributed by atoms with E-state index < -0.39 is 53.6 Å². The van der Waals surface area contributed by atoms with Crippen LogP contribution in [0.4, 0.5) is 16.2 Å². The highest BCUT2D eigenvalue weighted by Crippen LogP contribution is 2.66. The lowest BCUT2D eigenvalue weighted by molar-refractivity contribution is 0.124. The maximum Gasteiger partial charge on any atom is 0.490 e. The first-order chi connectivity index (χ1) is 14.9. The van der Waals surface area contributed by atoms with Crippen molar-refractivity contribution in [3.8, 4) is 0 Å².